The first-order valence-corrected chi connectivity index (χ1v) is 1.50. The van der Waals surface area contributed by atoms with Crippen molar-refractivity contribution in [2.45, 2.75) is 0 Å². The van der Waals surface area contributed by atoms with E-state index in [0.717, 1.165) is 0 Å². The van der Waals surface area contributed by atoms with E-state index in [1.165, 1.54) is 12.5 Å². The minimum atomic E-state index is 1.33. The summed E-state index contributed by atoms with van der Waals surface area (Å²) in [6.07, 6.45) is 2.72. The van der Waals surface area contributed by atoms with Gasteiger partial charge in [-0.3, -0.25) is 4.99 Å². The van der Waals surface area contributed by atoms with Crippen LogP contribution in [0.2, 0.25) is 0 Å². The first kappa shape index (κ1) is 5.08. The van der Waals surface area contributed by atoms with Gasteiger partial charge in [-0.25, -0.2) is 4.99 Å². The van der Waals surface area contributed by atoms with Crippen LogP contribution in [0.25, 0.3) is 0 Å². The first-order valence-electron chi connectivity index (χ1n) is 1.50. The number of aliphatic imine (C=N–C) groups is 2. The fourth-order valence-corrected chi connectivity index (χ4v) is 0.0943. The van der Waals surface area contributed by atoms with Crippen LogP contribution >= 0.6 is 0 Å². The third-order valence-corrected chi connectivity index (χ3v) is 0.254. The number of rotatable bonds is 2. The fraction of sp³-hybridized carbons (Fsp3) is 0. The molecule has 0 aromatic carbocycles. The Morgan fingerprint density at radius 1 is 1.50 bits per heavy atom. The van der Waals surface area contributed by atoms with Crippen LogP contribution in [0.1, 0.15) is 0 Å². The highest BCUT2D eigenvalue weighted by Gasteiger charge is 1.46. The van der Waals surface area contributed by atoms with Crippen molar-refractivity contribution < 1.29 is 0 Å². The highest BCUT2D eigenvalue weighted by Crippen LogP contribution is 1.60. The van der Waals surface area contributed by atoms with Crippen molar-refractivity contribution >= 4 is 13.1 Å². The van der Waals surface area contributed by atoms with Gasteiger partial charge in [-0.15, -0.1) is 0 Å². The molecule has 0 saturated carbocycles. The zero-order chi connectivity index (χ0) is 4.83. The van der Waals surface area contributed by atoms with Crippen LogP contribution in [0.15, 0.2) is 22.8 Å². The van der Waals surface area contributed by atoms with E-state index in [1.54, 1.807) is 0 Å². The molecule has 0 radical (unpaired) electrons. The Kier molecular flexibility index (Phi) is 3.45. The van der Waals surface area contributed by atoms with E-state index in [2.05, 4.69) is 23.3 Å². The van der Waals surface area contributed by atoms with Gasteiger partial charge in [0.25, 0.3) is 0 Å². The highest BCUT2D eigenvalue weighted by atomic mass is 14.8. The van der Waals surface area contributed by atoms with Crippen molar-refractivity contribution in [3.05, 3.63) is 12.8 Å². The van der Waals surface area contributed by atoms with Gasteiger partial charge in [0.1, 0.15) is 6.34 Å². The molecule has 2 nitrogen and oxygen atoms in total. The van der Waals surface area contributed by atoms with Crippen LogP contribution < -0.4 is 0 Å². The Morgan fingerprint density at radius 3 is 2.33 bits per heavy atom. The third kappa shape index (κ3) is 3.08. The number of hydrogen-bond donors (Lipinski definition) is 0. The Morgan fingerprint density at radius 2 is 2.17 bits per heavy atom. The quantitative estimate of drug-likeness (QED) is 0.348. The van der Waals surface area contributed by atoms with E-state index in [0.29, 0.717) is 0 Å². The molecule has 0 unspecified atom stereocenters. The standard InChI is InChI=1S/C4H6N2/c1-3-6-4-5-2/h3-4H,1-2H2/b6-4-. The molecule has 0 aliphatic heterocycles. The van der Waals surface area contributed by atoms with Crippen LogP contribution in [0, 0.1) is 0 Å². The van der Waals surface area contributed by atoms with Crippen molar-refractivity contribution in [3.8, 4) is 0 Å². The van der Waals surface area contributed by atoms with Crippen LogP contribution in [0.3, 0.4) is 0 Å². The summed E-state index contributed by atoms with van der Waals surface area (Å²) in [4.78, 5) is 6.81. The third-order valence-electron chi connectivity index (χ3n) is 0.254. The first-order chi connectivity index (χ1) is 2.91. The van der Waals surface area contributed by atoms with Crippen molar-refractivity contribution in [1.82, 2.24) is 0 Å². The molecule has 0 spiro atoms. The van der Waals surface area contributed by atoms with Gasteiger partial charge in [-0.1, -0.05) is 6.58 Å². The minimum absolute atomic E-state index is 1.33. The van der Waals surface area contributed by atoms with Crippen LogP contribution in [0.5, 0.6) is 0 Å². The van der Waals surface area contributed by atoms with E-state index in [4.69, 9.17) is 0 Å². The van der Waals surface area contributed by atoms with Crippen LogP contribution in [0.4, 0.5) is 0 Å². The van der Waals surface area contributed by atoms with Crippen LogP contribution in [-0.4, -0.2) is 13.1 Å². The molecule has 32 valence electrons. The second-order valence-electron chi connectivity index (χ2n) is 0.630. The maximum absolute atomic E-state index is 3.50. The van der Waals surface area contributed by atoms with E-state index in [1.807, 2.05) is 0 Å². The molecule has 0 rings (SSSR count). The Balaban J connectivity index is 3.17. The SMILES string of the molecule is C=C/N=C\N=C. The van der Waals surface area contributed by atoms with E-state index in [9.17, 15) is 0 Å². The second kappa shape index (κ2) is 4.08. The summed E-state index contributed by atoms with van der Waals surface area (Å²) >= 11 is 0. The van der Waals surface area contributed by atoms with E-state index in [-0.39, 0.29) is 0 Å². The molecule has 0 N–H and O–H groups in total. The molecule has 0 saturated heterocycles. The predicted octanol–water partition coefficient (Wildman–Crippen LogP) is 0.859. The van der Waals surface area contributed by atoms with Crippen molar-refractivity contribution in [2.75, 3.05) is 0 Å². The van der Waals surface area contributed by atoms with Crippen molar-refractivity contribution in [3.63, 3.8) is 0 Å². The average molecular weight is 82.1 g/mol. The smallest absolute Gasteiger partial charge is 0.114 e. The minimum Gasteiger partial charge on any atom is -0.253 e. The normalized spacial score (nSPS) is 8.67. The highest BCUT2D eigenvalue weighted by molar-refractivity contribution is 5.62. The summed E-state index contributed by atoms with van der Waals surface area (Å²) in [7, 11) is 0. The lowest BCUT2D eigenvalue weighted by Gasteiger charge is -1.63. The molecular formula is C4H6N2. The van der Waals surface area contributed by atoms with Gasteiger partial charge < -0.3 is 0 Å². The van der Waals surface area contributed by atoms with Gasteiger partial charge in [0.2, 0.25) is 0 Å². The summed E-state index contributed by atoms with van der Waals surface area (Å²) in [5.74, 6) is 0. The van der Waals surface area contributed by atoms with Crippen molar-refractivity contribution in [1.29, 1.82) is 0 Å². The molecule has 0 aromatic heterocycles. The molecule has 0 fully saturated rings. The Hall–Kier alpha value is -0.920. The van der Waals surface area contributed by atoms with E-state index < -0.39 is 0 Å². The summed E-state index contributed by atoms with van der Waals surface area (Å²) in [6, 6.07) is 0. The van der Waals surface area contributed by atoms with Gasteiger partial charge in [0.05, 0.1) is 0 Å². The summed E-state index contributed by atoms with van der Waals surface area (Å²) < 4.78 is 0. The molecule has 0 bridgehead atoms. The molecule has 0 amide bonds. The second-order valence-corrected chi connectivity index (χ2v) is 0.630. The van der Waals surface area contributed by atoms with Crippen molar-refractivity contribution in [2.24, 2.45) is 9.98 Å². The monoisotopic (exact) mass is 82.1 g/mol. The zero-order valence-electron chi connectivity index (χ0n) is 3.46. The fourth-order valence-electron chi connectivity index (χ4n) is 0.0943. The molecule has 0 aliphatic rings. The molecule has 0 heterocycles. The molecular weight excluding hydrogens is 76.1 g/mol. The number of hydrogen-bond acceptors (Lipinski definition) is 1. The van der Waals surface area contributed by atoms with Gasteiger partial charge in [-0.2, -0.15) is 0 Å². The van der Waals surface area contributed by atoms with Crippen LogP contribution in [-0.2, 0) is 0 Å². The molecule has 6 heavy (non-hydrogen) atoms. The van der Waals surface area contributed by atoms with Gasteiger partial charge in [0.15, 0.2) is 0 Å². The van der Waals surface area contributed by atoms with E-state index >= 15 is 0 Å². The topological polar surface area (TPSA) is 24.7 Å². The summed E-state index contributed by atoms with van der Waals surface area (Å²) in [5.41, 5.74) is 0. The van der Waals surface area contributed by atoms with Gasteiger partial charge in [0, 0.05) is 6.20 Å². The largest absolute Gasteiger partial charge is 0.253 e. The lowest BCUT2D eigenvalue weighted by Crippen LogP contribution is -1.53. The predicted molar refractivity (Wildman–Crippen MR) is 28.2 cm³/mol. The summed E-state index contributed by atoms with van der Waals surface area (Å²) in [5, 5.41) is 0. The van der Waals surface area contributed by atoms with Gasteiger partial charge in [-0.05, 0) is 6.72 Å². The average Bonchev–Trinajstić information content (AvgIpc) is 1.61. The summed E-state index contributed by atoms with van der Waals surface area (Å²) in [6.45, 7) is 6.46. The molecule has 0 aromatic rings. The lowest BCUT2D eigenvalue weighted by molar-refractivity contribution is 1.58. The maximum atomic E-state index is 3.50. The lowest BCUT2D eigenvalue weighted by atomic mass is 11.0. The number of nitrogens with zero attached hydrogens (tertiary/aromatic N) is 2. The van der Waals surface area contributed by atoms with Gasteiger partial charge >= 0.3 is 0 Å². The Labute approximate surface area is 36.9 Å². The molecule has 0 atom stereocenters. The molecule has 0 aliphatic carbocycles. The molecule has 2 heteroatoms. The zero-order valence-corrected chi connectivity index (χ0v) is 3.46. The maximum Gasteiger partial charge on any atom is 0.114 e. The Bertz CT molecular complexity index is 63.6.